The number of nitrogens with zero attached hydrogens (tertiary/aromatic N) is 2. The second-order valence-electron chi connectivity index (χ2n) is 7.44. The number of nitro benzene ring substituents is 1. The van der Waals surface area contributed by atoms with Gasteiger partial charge in [-0.25, -0.2) is 4.79 Å². The second-order valence-corrected chi connectivity index (χ2v) is 7.44. The number of ether oxygens (including phenoxy) is 2. The zero-order valence-corrected chi connectivity index (χ0v) is 16.4. The molecule has 0 unspecified atom stereocenters. The van der Waals surface area contributed by atoms with E-state index in [2.05, 4.69) is 5.32 Å². The summed E-state index contributed by atoms with van der Waals surface area (Å²) in [5, 5.41) is 13.9. The third kappa shape index (κ3) is 5.90. The summed E-state index contributed by atoms with van der Waals surface area (Å²) < 4.78 is 10.5. The molecule has 1 saturated heterocycles. The van der Waals surface area contributed by atoms with Crippen LogP contribution in [0.4, 0.5) is 11.4 Å². The van der Waals surface area contributed by atoms with Crippen molar-refractivity contribution in [2.45, 2.75) is 32.1 Å². The van der Waals surface area contributed by atoms with E-state index in [9.17, 15) is 19.7 Å². The molecule has 1 aliphatic carbocycles. The van der Waals surface area contributed by atoms with Gasteiger partial charge in [0.25, 0.3) is 11.6 Å². The molecule has 1 aliphatic heterocycles. The Bertz CT molecular complexity index is 742. The molecule has 0 radical (unpaired) electrons. The monoisotopic (exact) mass is 405 g/mol. The minimum Gasteiger partial charge on any atom is -0.452 e. The molecule has 1 amide bonds. The number of esters is 1. The van der Waals surface area contributed by atoms with Gasteiger partial charge in [0, 0.05) is 31.8 Å². The number of benzene rings is 1. The lowest BCUT2D eigenvalue weighted by Crippen LogP contribution is -2.37. The fraction of sp³-hybridized carbons (Fsp3) is 0.600. The van der Waals surface area contributed by atoms with Crippen LogP contribution in [0.3, 0.4) is 0 Å². The number of rotatable bonds is 7. The highest BCUT2D eigenvalue weighted by molar-refractivity contribution is 5.97. The summed E-state index contributed by atoms with van der Waals surface area (Å²) in [6.45, 7) is 2.34. The minimum absolute atomic E-state index is 0.0844. The molecule has 0 bridgehead atoms. The molecule has 2 fully saturated rings. The van der Waals surface area contributed by atoms with Crippen molar-refractivity contribution in [1.29, 1.82) is 0 Å². The predicted molar refractivity (Wildman–Crippen MR) is 106 cm³/mol. The van der Waals surface area contributed by atoms with E-state index >= 15 is 0 Å². The summed E-state index contributed by atoms with van der Waals surface area (Å²) in [7, 11) is 0. The molecule has 1 aromatic rings. The fourth-order valence-corrected chi connectivity index (χ4v) is 3.79. The molecule has 29 heavy (non-hydrogen) atoms. The first-order valence-electron chi connectivity index (χ1n) is 10.1. The van der Waals surface area contributed by atoms with Gasteiger partial charge in [0.15, 0.2) is 6.61 Å². The van der Waals surface area contributed by atoms with Crippen LogP contribution in [0.15, 0.2) is 18.2 Å². The zero-order valence-electron chi connectivity index (χ0n) is 16.4. The maximum absolute atomic E-state index is 12.6. The fourth-order valence-electron chi connectivity index (χ4n) is 3.79. The summed E-state index contributed by atoms with van der Waals surface area (Å²) in [4.78, 5) is 37.2. The maximum atomic E-state index is 12.6. The van der Waals surface area contributed by atoms with Crippen LogP contribution in [0.1, 0.15) is 42.5 Å². The molecule has 1 N–H and O–H groups in total. The molecular weight excluding hydrogens is 378 g/mol. The van der Waals surface area contributed by atoms with Crippen LogP contribution in [-0.4, -0.2) is 56.3 Å². The number of nitro groups is 1. The number of non-ortho nitro benzene ring substituents is 1. The summed E-state index contributed by atoms with van der Waals surface area (Å²) in [6.07, 6.45) is 5.84. The highest BCUT2D eigenvalue weighted by atomic mass is 16.6. The lowest BCUT2D eigenvalue weighted by atomic mass is 9.89. The van der Waals surface area contributed by atoms with Crippen LogP contribution < -0.4 is 10.2 Å². The maximum Gasteiger partial charge on any atom is 0.341 e. The van der Waals surface area contributed by atoms with Gasteiger partial charge in [-0.2, -0.15) is 0 Å². The van der Waals surface area contributed by atoms with Crippen LogP contribution >= 0.6 is 0 Å². The lowest BCUT2D eigenvalue weighted by molar-refractivity contribution is -0.384. The van der Waals surface area contributed by atoms with E-state index in [-0.39, 0.29) is 17.2 Å². The number of carbonyl (C=O) groups excluding carboxylic acids is 2. The Morgan fingerprint density at radius 3 is 2.62 bits per heavy atom. The van der Waals surface area contributed by atoms with E-state index in [0.717, 1.165) is 12.8 Å². The van der Waals surface area contributed by atoms with Crippen LogP contribution in [0.5, 0.6) is 0 Å². The van der Waals surface area contributed by atoms with Crippen LogP contribution in [0, 0.1) is 16.0 Å². The molecule has 3 rings (SSSR count). The van der Waals surface area contributed by atoms with Gasteiger partial charge in [0.2, 0.25) is 0 Å². The number of nitrogens with one attached hydrogen (secondary N) is 1. The molecule has 0 aromatic heterocycles. The normalized spacial score (nSPS) is 17.6. The Morgan fingerprint density at radius 2 is 1.93 bits per heavy atom. The quantitative estimate of drug-likeness (QED) is 0.421. The van der Waals surface area contributed by atoms with E-state index in [1.165, 1.54) is 31.4 Å². The summed E-state index contributed by atoms with van der Waals surface area (Å²) in [6, 6.07) is 4.11. The number of amides is 1. The van der Waals surface area contributed by atoms with Crippen molar-refractivity contribution in [3.63, 3.8) is 0 Å². The zero-order chi connectivity index (χ0) is 20.6. The average molecular weight is 405 g/mol. The molecule has 2 aliphatic rings. The molecule has 158 valence electrons. The predicted octanol–water partition coefficient (Wildman–Crippen LogP) is 2.28. The minimum atomic E-state index is -0.747. The highest BCUT2D eigenvalue weighted by Crippen LogP contribution is 2.27. The molecule has 9 heteroatoms. The Hall–Kier alpha value is -2.68. The average Bonchev–Trinajstić information content (AvgIpc) is 2.77. The first kappa shape index (κ1) is 21.0. The summed E-state index contributed by atoms with van der Waals surface area (Å²) in [5.74, 6) is -0.626. The van der Waals surface area contributed by atoms with Gasteiger partial charge in [-0.3, -0.25) is 14.9 Å². The molecule has 0 spiro atoms. The Balaban J connectivity index is 1.61. The summed E-state index contributed by atoms with van der Waals surface area (Å²) in [5.41, 5.74) is 0.434. The number of morpholine rings is 1. The van der Waals surface area contributed by atoms with Crippen molar-refractivity contribution in [3.05, 3.63) is 33.9 Å². The van der Waals surface area contributed by atoms with Crippen LogP contribution in [0.25, 0.3) is 0 Å². The largest absolute Gasteiger partial charge is 0.452 e. The van der Waals surface area contributed by atoms with Crippen molar-refractivity contribution in [2.24, 2.45) is 5.92 Å². The molecule has 1 saturated carbocycles. The van der Waals surface area contributed by atoms with Crippen molar-refractivity contribution in [1.82, 2.24) is 5.32 Å². The van der Waals surface area contributed by atoms with E-state index in [1.54, 1.807) is 6.07 Å². The Morgan fingerprint density at radius 1 is 1.21 bits per heavy atom. The van der Waals surface area contributed by atoms with E-state index in [4.69, 9.17) is 9.47 Å². The van der Waals surface area contributed by atoms with Crippen molar-refractivity contribution < 1.29 is 24.0 Å². The standard InChI is InChI=1S/C20H27N3O6/c24-19(21-13-15-4-2-1-3-5-15)14-29-20(25)17-12-16(23(26)27)6-7-18(17)22-8-10-28-11-9-22/h6-7,12,15H,1-5,8-11,13-14H2,(H,21,24). The third-order valence-electron chi connectivity index (χ3n) is 5.41. The van der Waals surface area contributed by atoms with Gasteiger partial charge in [-0.1, -0.05) is 19.3 Å². The van der Waals surface area contributed by atoms with E-state index < -0.39 is 17.5 Å². The smallest absolute Gasteiger partial charge is 0.341 e. The van der Waals surface area contributed by atoms with E-state index in [1.807, 2.05) is 4.90 Å². The molecule has 1 heterocycles. The van der Waals surface area contributed by atoms with E-state index in [0.29, 0.717) is 44.5 Å². The van der Waals surface area contributed by atoms with Gasteiger partial charge in [-0.15, -0.1) is 0 Å². The van der Waals surface area contributed by atoms with Gasteiger partial charge >= 0.3 is 5.97 Å². The van der Waals surface area contributed by atoms with Crippen molar-refractivity contribution in [3.8, 4) is 0 Å². The number of hydrogen-bond acceptors (Lipinski definition) is 7. The lowest BCUT2D eigenvalue weighted by Gasteiger charge is -2.30. The SMILES string of the molecule is O=C(COC(=O)c1cc([N+](=O)[O-])ccc1N1CCOCC1)NCC1CCCCC1. The highest BCUT2D eigenvalue weighted by Gasteiger charge is 2.24. The molecule has 9 nitrogen and oxygen atoms in total. The summed E-state index contributed by atoms with van der Waals surface area (Å²) >= 11 is 0. The number of carbonyl (C=O) groups is 2. The molecule has 0 atom stereocenters. The Labute approximate surface area is 169 Å². The van der Waals surface area contributed by atoms with Crippen molar-refractivity contribution in [2.75, 3.05) is 44.4 Å². The van der Waals surface area contributed by atoms with Gasteiger partial charge < -0.3 is 19.7 Å². The molecular formula is C20H27N3O6. The third-order valence-corrected chi connectivity index (χ3v) is 5.41. The Kier molecular flexibility index (Phi) is 7.40. The first-order chi connectivity index (χ1) is 14.0. The van der Waals surface area contributed by atoms with Gasteiger partial charge in [-0.05, 0) is 24.8 Å². The number of hydrogen-bond donors (Lipinski definition) is 1. The van der Waals surface area contributed by atoms with Crippen LogP contribution in [-0.2, 0) is 14.3 Å². The second kappa shape index (κ2) is 10.2. The van der Waals surface area contributed by atoms with Gasteiger partial charge in [0.05, 0.1) is 29.4 Å². The van der Waals surface area contributed by atoms with Crippen LogP contribution in [0.2, 0.25) is 0 Å². The topological polar surface area (TPSA) is 111 Å². The first-order valence-corrected chi connectivity index (χ1v) is 10.1. The van der Waals surface area contributed by atoms with Gasteiger partial charge in [0.1, 0.15) is 0 Å². The molecule has 1 aromatic carbocycles. The number of anilines is 1. The van der Waals surface area contributed by atoms with Crippen molar-refractivity contribution >= 4 is 23.3 Å².